The predicted molar refractivity (Wildman–Crippen MR) is 39.8 cm³/mol. The summed E-state index contributed by atoms with van der Waals surface area (Å²) in [5.41, 5.74) is 5.40. The van der Waals surface area contributed by atoms with Crippen LogP contribution in [0.4, 0.5) is 13.2 Å². The number of carbonyl (C=O) groups excluding carboxylic acids is 1. The van der Waals surface area contributed by atoms with Gasteiger partial charge in [0, 0.05) is 12.1 Å². The van der Waals surface area contributed by atoms with Crippen molar-refractivity contribution in [1.82, 2.24) is 5.32 Å². The Labute approximate surface area is 73.5 Å². The third-order valence-electron chi connectivity index (χ3n) is 1.90. The third-order valence-corrected chi connectivity index (χ3v) is 1.90. The molecule has 1 aliphatic rings. The first-order valence-corrected chi connectivity index (χ1v) is 3.98. The maximum atomic E-state index is 11.7. The molecule has 0 bridgehead atoms. The van der Waals surface area contributed by atoms with Crippen LogP contribution in [0.25, 0.3) is 0 Å². The van der Waals surface area contributed by atoms with E-state index in [1.807, 2.05) is 0 Å². The summed E-state index contributed by atoms with van der Waals surface area (Å²) in [5, 5.41) is 2.26. The molecule has 0 aromatic rings. The molecule has 0 aliphatic heterocycles. The molecule has 1 aliphatic carbocycles. The van der Waals surface area contributed by atoms with Crippen LogP contribution in [0.1, 0.15) is 19.3 Å². The lowest BCUT2D eigenvalue weighted by Gasteiger charge is -2.33. The first-order chi connectivity index (χ1) is 5.87. The van der Waals surface area contributed by atoms with Crippen molar-refractivity contribution in [3.8, 4) is 0 Å². The summed E-state index contributed by atoms with van der Waals surface area (Å²) >= 11 is 0. The topological polar surface area (TPSA) is 55.1 Å². The van der Waals surface area contributed by atoms with Gasteiger partial charge in [0.25, 0.3) is 0 Å². The largest absolute Gasteiger partial charge is 0.397 e. The van der Waals surface area contributed by atoms with E-state index in [4.69, 9.17) is 5.73 Å². The zero-order valence-electron chi connectivity index (χ0n) is 6.90. The number of alkyl halides is 3. The van der Waals surface area contributed by atoms with Crippen LogP contribution in [0.5, 0.6) is 0 Å². The normalized spacial score (nSPS) is 28.0. The summed E-state index contributed by atoms with van der Waals surface area (Å²) < 4.78 is 35.0. The summed E-state index contributed by atoms with van der Waals surface area (Å²) in [7, 11) is 0. The molecule has 1 saturated carbocycles. The molecule has 0 unspecified atom stereocenters. The zero-order chi connectivity index (χ0) is 10.1. The highest BCUT2D eigenvalue weighted by atomic mass is 19.4. The van der Waals surface area contributed by atoms with Crippen molar-refractivity contribution in [2.24, 2.45) is 5.73 Å². The van der Waals surface area contributed by atoms with Crippen LogP contribution in [-0.2, 0) is 4.79 Å². The Morgan fingerprint density at radius 3 is 2.38 bits per heavy atom. The fourth-order valence-electron chi connectivity index (χ4n) is 1.24. The Hall–Kier alpha value is -0.780. The molecule has 0 heterocycles. The third kappa shape index (κ3) is 3.63. The van der Waals surface area contributed by atoms with Gasteiger partial charge in [-0.05, 0) is 12.8 Å². The van der Waals surface area contributed by atoms with Crippen LogP contribution >= 0.6 is 0 Å². The minimum atomic E-state index is -4.42. The lowest BCUT2D eigenvalue weighted by atomic mass is 9.87. The van der Waals surface area contributed by atoms with E-state index in [0.29, 0.717) is 12.8 Å². The van der Waals surface area contributed by atoms with Gasteiger partial charge in [0.15, 0.2) is 0 Å². The predicted octanol–water partition coefficient (Wildman–Crippen LogP) is 0.545. The van der Waals surface area contributed by atoms with E-state index in [1.54, 1.807) is 0 Å². The molecule has 0 saturated heterocycles. The average molecular weight is 196 g/mol. The first-order valence-electron chi connectivity index (χ1n) is 3.98. The van der Waals surface area contributed by atoms with Crippen molar-refractivity contribution >= 4 is 5.91 Å². The summed E-state index contributed by atoms with van der Waals surface area (Å²) in [6.45, 7) is 0. The van der Waals surface area contributed by atoms with E-state index in [2.05, 4.69) is 5.32 Å². The molecule has 0 radical (unpaired) electrons. The fourth-order valence-corrected chi connectivity index (χ4v) is 1.24. The summed E-state index contributed by atoms with van der Waals surface area (Å²) in [4.78, 5) is 10.7. The van der Waals surface area contributed by atoms with E-state index in [1.165, 1.54) is 0 Å². The van der Waals surface area contributed by atoms with Crippen molar-refractivity contribution in [2.45, 2.75) is 37.5 Å². The van der Waals surface area contributed by atoms with Gasteiger partial charge in [0.1, 0.15) is 6.42 Å². The molecule has 1 rings (SSSR count). The van der Waals surface area contributed by atoms with E-state index in [-0.39, 0.29) is 12.1 Å². The number of hydrogen-bond donors (Lipinski definition) is 2. The molecule has 1 amide bonds. The molecule has 0 aromatic carbocycles. The highest BCUT2D eigenvalue weighted by molar-refractivity contribution is 5.77. The smallest absolute Gasteiger partial charge is 0.353 e. The van der Waals surface area contributed by atoms with Crippen LogP contribution in [0.2, 0.25) is 0 Å². The second-order valence-corrected chi connectivity index (χ2v) is 3.29. The van der Waals surface area contributed by atoms with E-state index in [0.717, 1.165) is 0 Å². The van der Waals surface area contributed by atoms with Gasteiger partial charge in [-0.2, -0.15) is 13.2 Å². The van der Waals surface area contributed by atoms with Crippen LogP contribution < -0.4 is 11.1 Å². The van der Waals surface area contributed by atoms with Crippen LogP contribution in [0.3, 0.4) is 0 Å². The average Bonchev–Trinajstić information content (AvgIpc) is 1.79. The number of halogens is 3. The summed E-state index contributed by atoms with van der Waals surface area (Å²) in [5.74, 6) is -0.968. The minimum absolute atomic E-state index is 0.0242. The van der Waals surface area contributed by atoms with Crippen LogP contribution in [0, 0.1) is 0 Å². The van der Waals surface area contributed by atoms with Gasteiger partial charge in [0.2, 0.25) is 5.91 Å². The molecular formula is C7H11F3N2O. The lowest BCUT2D eigenvalue weighted by molar-refractivity contribution is -0.154. The first kappa shape index (κ1) is 10.3. The van der Waals surface area contributed by atoms with E-state index < -0.39 is 18.5 Å². The van der Waals surface area contributed by atoms with E-state index in [9.17, 15) is 18.0 Å². The highest BCUT2D eigenvalue weighted by Crippen LogP contribution is 2.21. The molecule has 76 valence electrons. The number of amides is 1. The number of rotatable bonds is 2. The Bertz CT molecular complexity index is 198. The van der Waals surface area contributed by atoms with Gasteiger partial charge >= 0.3 is 6.18 Å². The molecule has 0 aromatic heterocycles. The highest BCUT2D eigenvalue weighted by Gasteiger charge is 2.34. The second kappa shape index (κ2) is 3.53. The van der Waals surface area contributed by atoms with Crippen molar-refractivity contribution in [1.29, 1.82) is 0 Å². The molecular weight excluding hydrogens is 185 g/mol. The fraction of sp³-hybridized carbons (Fsp3) is 0.857. The maximum absolute atomic E-state index is 11.7. The van der Waals surface area contributed by atoms with Crippen molar-refractivity contribution in [3.63, 3.8) is 0 Å². The van der Waals surface area contributed by atoms with Gasteiger partial charge in [-0.3, -0.25) is 4.79 Å². The molecule has 0 spiro atoms. The Morgan fingerprint density at radius 1 is 1.46 bits per heavy atom. The Balaban J connectivity index is 2.19. The standard InChI is InChI=1S/C7H11F3N2O/c8-7(9,10)3-6(13)12-5-1-4(11)2-5/h4-5H,1-3,11H2,(H,12,13). The van der Waals surface area contributed by atoms with Gasteiger partial charge in [-0.1, -0.05) is 0 Å². The molecule has 1 fully saturated rings. The van der Waals surface area contributed by atoms with Gasteiger partial charge < -0.3 is 11.1 Å². The SMILES string of the molecule is NC1CC(NC(=O)CC(F)(F)F)C1. The van der Waals surface area contributed by atoms with Crippen LogP contribution in [0.15, 0.2) is 0 Å². The maximum Gasteiger partial charge on any atom is 0.397 e. The van der Waals surface area contributed by atoms with E-state index >= 15 is 0 Å². The monoisotopic (exact) mass is 196 g/mol. The number of carbonyl (C=O) groups is 1. The Morgan fingerprint density at radius 2 is 2.00 bits per heavy atom. The molecule has 0 atom stereocenters. The summed E-state index contributed by atoms with van der Waals surface area (Å²) in [6, 6.07) is -0.138. The van der Waals surface area contributed by atoms with Gasteiger partial charge in [-0.25, -0.2) is 0 Å². The van der Waals surface area contributed by atoms with Gasteiger partial charge in [0.05, 0.1) is 0 Å². The van der Waals surface area contributed by atoms with Crippen molar-refractivity contribution in [2.75, 3.05) is 0 Å². The molecule has 3 nitrogen and oxygen atoms in total. The molecule has 6 heteroatoms. The quantitative estimate of drug-likeness (QED) is 0.677. The van der Waals surface area contributed by atoms with Crippen molar-refractivity contribution in [3.05, 3.63) is 0 Å². The second-order valence-electron chi connectivity index (χ2n) is 3.29. The summed E-state index contributed by atoms with van der Waals surface area (Å²) in [6.07, 6.45) is -4.68. The number of nitrogens with one attached hydrogen (secondary N) is 1. The van der Waals surface area contributed by atoms with Crippen LogP contribution in [-0.4, -0.2) is 24.2 Å². The molecule has 3 N–H and O–H groups in total. The minimum Gasteiger partial charge on any atom is -0.353 e. The van der Waals surface area contributed by atoms with Crippen molar-refractivity contribution < 1.29 is 18.0 Å². The Kier molecular flexibility index (Phi) is 2.80. The number of nitrogens with two attached hydrogens (primary N) is 1. The zero-order valence-corrected chi connectivity index (χ0v) is 6.90. The molecule has 13 heavy (non-hydrogen) atoms. The lowest BCUT2D eigenvalue weighted by Crippen LogP contribution is -2.50. The number of hydrogen-bond acceptors (Lipinski definition) is 2. The van der Waals surface area contributed by atoms with Gasteiger partial charge in [-0.15, -0.1) is 0 Å².